The fraction of sp³-hybridized carbons (Fsp3) is 0.733. The quantitative estimate of drug-likeness (QED) is 0.681. The summed E-state index contributed by atoms with van der Waals surface area (Å²) in [5.74, 6) is 1.90. The second kappa shape index (κ2) is 4.32. The maximum atomic E-state index is 12.5. The van der Waals surface area contributed by atoms with E-state index < -0.39 is 0 Å². The summed E-state index contributed by atoms with van der Waals surface area (Å²) in [5.41, 5.74) is 0. The summed E-state index contributed by atoms with van der Waals surface area (Å²) < 4.78 is 5.34. The fourth-order valence-electron chi connectivity index (χ4n) is 4.26. The van der Waals surface area contributed by atoms with Crippen LogP contribution in [-0.4, -0.2) is 61.0 Å². The Labute approximate surface area is 118 Å². The lowest BCUT2D eigenvalue weighted by Gasteiger charge is -2.21. The van der Waals surface area contributed by atoms with Gasteiger partial charge in [-0.1, -0.05) is 6.08 Å². The number of carbonyl (C=O) groups excluding carboxylic acids is 2. The highest BCUT2D eigenvalue weighted by Gasteiger charge is 2.60. The average Bonchev–Trinajstić information content (AvgIpc) is 2.82. The van der Waals surface area contributed by atoms with Crippen molar-refractivity contribution in [1.29, 1.82) is 0 Å². The minimum absolute atomic E-state index is 0.0220. The number of rotatable bonds is 3. The van der Waals surface area contributed by atoms with E-state index in [1.54, 1.807) is 6.08 Å². The summed E-state index contributed by atoms with van der Waals surface area (Å²) >= 11 is 0. The third-order valence-corrected chi connectivity index (χ3v) is 5.42. The molecule has 1 saturated carbocycles. The van der Waals surface area contributed by atoms with Gasteiger partial charge in [-0.3, -0.25) is 9.59 Å². The molecule has 4 aliphatic rings. The number of likely N-dealkylation sites (tertiary alicyclic amines) is 2. The number of hydrogen-bond acceptors (Lipinski definition) is 3. The molecule has 2 amide bonds. The van der Waals surface area contributed by atoms with Crippen LogP contribution in [0.3, 0.4) is 0 Å². The standard InChI is InChI=1S/C15H20N2O3/c1-2-3-16-4-9-5-17(6-10(9)14(16)18)15(19)13-11-7-20-8-12(11)13/h2,9-13H,1,3-8H2/t9-,10+,11-,12+,13?/m1/s1. The van der Waals surface area contributed by atoms with Crippen LogP contribution in [-0.2, 0) is 14.3 Å². The molecular weight excluding hydrogens is 256 g/mol. The topological polar surface area (TPSA) is 49.9 Å². The molecule has 4 rings (SSSR count). The first kappa shape index (κ1) is 12.4. The first-order valence-corrected chi connectivity index (χ1v) is 7.47. The van der Waals surface area contributed by atoms with Crippen molar-refractivity contribution in [3.8, 4) is 0 Å². The summed E-state index contributed by atoms with van der Waals surface area (Å²) in [5, 5.41) is 0. The summed E-state index contributed by atoms with van der Waals surface area (Å²) in [6.45, 7) is 7.95. The van der Waals surface area contributed by atoms with Crippen molar-refractivity contribution in [3.05, 3.63) is 12.7 Å². The Morgan fingerprint density at radius 1 is 1.30 bits per heavy atom. The lowest BCUT2D eigenvalue weighted by molar-refractivity contribution is -0.134. The third kappa shape index (κ3) is 1.65. The van der Waals surface area contributed by atoms with Gasteiger partial charge >= 0.3 is 0 Å². The van der Waals surface area contributed by atoms with Crippen LogP contribution in [0.5, 0.6) is 0 Å². The zero-order chi connectivity index (χ0) is 13.9. The number of carbonyl (C=O) groups is 2. The highest BCUT2D eigenvalue weighted by atomic mass is 16.5. The number of hydrogen-bond donors (Lipinski definition) is 0. The second-order valence-corrected chi connectivity index (χ2v) is 6.53. The van der Waals surface area contributed by atoms with Gasteiger partial charge in [-0.2, -0.15) is 0 Å². The average molecular weight is 276 g/mol. The van der Waals surface area contributed by atoms with E-state index in [4.69, 9.17) is 4.74 Å². The molecule has 1 unspecified atom stereocenters. The molecule has 0 aromatic rings. The van der Waals surface area contributed by atoms with Crippen molar-refractivity contribution >= 4 is 11.8 Å². The number of amides is 2. The zero-order valence-corrected chi connectivity index (χ0v) is 11.5. The molecule has 0 aromatic carbocycles. The smallest absolute Gasteiger partial charge is 0.228 e. The summed E-state index contributed by atoms with van der Waals surface area (Å²) in [6.07, 6.45) is 1.77. The van der Waals surface area contributed by atoms with Crippen molar-refractivity contribution in [2.24, 2.45) is 29.6 Å². The molecule has 5 heteroatoms. The van der Waals surface area contributed by atoms with Crippen LogP contribution >= 0.6 is 0 Å². The van der Waals surface area contributed by atoms with Gasteiger partial charge in [-0.15, -0.1) is 6.58 Å². The number of nitrogens with zero attached hydrogens (tertiary/aromatic N) is 2. The Hall–Kier alpha value is -1.36. The van der Waals surface area contributed by atoms with Gasteiger partial charge < -0.3 is 14.5 Å². The van der Waals surface area contributed by atoms with Crippen LogP contribution in [0.15, 0.2) is 12.7 Å². The summed E-state index contributed by atoms with van der Waals surface area (Å²) in [4.78, 5) is 28.5. The predicted octanol–water partition coefficient (Wildman–Crippen LogP) is -0.0184. The summed E-state index contributed by atoms with van der Waals surface area (Å²) in [6, 6.07) is 0. The van der Waals surface area contributed by atoms with Crippen LogP contribution in [0.25, 0.3) is 0 Å². The van der Waals surface area contributed by atoms with Gasteiger partial charge in [0.25, 0.3) is 0 Å². The third-order valence-electron chi connectivity index (χ3n) is 5.42. The van der Waals surface area contributed by atoms with Crippen LogP contribution in [0.4, 0.5) is 0 Å². The van der Waals surface area contributed by atoms with E-state index in [1.165, 1.54) is 0 Å². The zero-order valence-electron chi connectivity index (χ0n) is 11.5. The predicted molar refractivity (Wildman–Crippen MR) is 71.6 cm³/mol. The van der Waals surface area contributed by atoms with E-state index in [1.807, 2.05) is 9.80 Å². The maximum absolute atomic E-state index is 12.5. The van der Waals surface area contributed by atoms with Gasteiger partial charge in [0.2, 0.25) is 11.8 Å². The molecule has 3 saturated heterocycles. The Balaban J connectivity index is 1.39. The van der Waals surface area contributed by atoms with E-state index >= 15 is 0 Å². The van der Waals surface area contributed by atoms with E-state index in [0.29, 0.717) is 30.8 Å². The van der Waals surface area contributed by atoms with Gasteiger partial charge in [0.15, 0.2) is 0 Å². The van der Waals surface area contributed by atoms with Crippen molar-refractivity contribution in [2.45, 2.75) is 0 Å². The second-order valence-electron chi connectivity index (χ2n) is 6.53. The molecule has 20 heavy (non-hydrogen) atoms. The van der Waals surface area contributed by atoms with E-state index in [2.05, 4.69) is 6.58 Å². The molecule has 0 spiro atoms. The molecule has 0 N–H and O–H groups in total. The lowest BCUT2D eigenvalue weighted by Crippen LogP contribution is -2.37. The molecule has 3 heterocycles. The molecule has 4 fully saturated rings. The monoisotopic (exact) mass is 276 g/mol. The van der Waals surface area contributed by atoms with Crippen molar-refractivity contribution in [3.63, 3.8) is 0 Å². The molecular formula is C15H20N2O3. The maximum Gasteiger partial charge on any atom is 0.228 e. The molecule has 0 aromatic heterocycles. The van der Waals surface area contributed by atoms with Gasteiger partial charge in [0.1, 0.15) is 0 Å². The Morgan fingerprint density at radius 3 is 2.70 bits per heavy atom. The first-order valence-electron chi connectivity index (χ1n) is 7.47. The molecule has 5 atom stereocenters. The van der Waals surface area contributed by atoms with E-state index in [-0.39, 0.29) is 23.7 Å². The van der Waals surface area contributed by atoms with Gasteiger partial charge in [0.05, 0.1) is 19.1 Å². The van der Waals surface area contributed by atoms with Crippen molar-refractivity contribution in [1.82, 2.24) is 9.80 Å². The van der Waals surface area contributed by atoms with Crippen LogP contribution < -0.4 is 0 Å². The molecule has 5 nitrogen and oxygen atoms in total. The number of ether oxygens (including phenoxy) is 1. The SMILES string of the molecule is C=CCN1C[C@@H]2CN(C(=O)C3[C@H]4COC[C@@H]34)C[C@@H]2C1=O. The largest absolute Gasteiger partial charge is 0.381 e. The highest BCUT2D eigenvalue weighted by Crippen LogP contribution is 2.52. The Kier molecular flexibility index (Phi) is 2.67. The van der Waals surface area contributed by atoms with Gasteiger partial charge in [0, 0.05) is 38.0 Å². The van der Waals surface area contributed by atoms with Crippen molar-refractivity contribution in [2.75, 3.05) is 39.4 Å². The minimum atomic E-state index is 0.0220. The molecule has 0 bridgehead atoms. The normalized spacial score (nSPS) is 41.8. The summed E-state index contributed by atoms with van der Waals surface area (Å²) in [7, 11) is 0. The van der Waals surface area contributed by atoms with Gasteiger partial charge in [-0.05, 0) is 11.8 Å². The Morgan fingerprint density at radius 2 is 2.05 bits per heavy atom. The molecule has 108 valence electrons. The lowest BCUT2D eigenvalue weighted by atomic mass is 10.0. The van der Waals surface area contributed by atoms with E-state index in [0.717, 1.165) is 26.3 Å². The van der Waals surface area contributed by atoms with Crippen molar-refractivity contribution < 1.29 is 14.3 Å². The Bertz CT molecular complexity index is 468. The molecule has 0 radical (unpaired) electrons. The van der Waals surface area contributed by atoms with Gasteiger partial charge in [-0.25, -0.2) is 0 Å². The van der Waals surface area contributed by atoms with Crippen LogP contribution in [0, 0.1) is 29.6 Å². The molecule has 3 aliphatic heterocycles. The molecule has 1 aliphatic carbocycles. The van der Waals surface area contributed by atoms with Crippen LogP contribution in [0.1, 0.15) is 0 Å². The number of fused-ring (bicyclic) bond motifs is 2. The minimum Gasteiger partial charge on any atom is -0.381 e. The van der Waals surface area contributed by atoms with Crippen LogP contribution in [0.2, 0.25) is 0 Å². The first-order chi connectivity index (χ1) is 9.70. The fourth-order valence-corrected chi connectivity index (χ4v) is 4.26. The van der Waals surface area contributed by atoms with E-state index in [9.17, 15) is 9.59 Å². The highest BCUT2D eigenvalue weighted by molar-refractivity contribution is 5.86.